The normalized spacial score (nSPS) is 15.4. The van der Waals surface area contributed by atoms with Crippen molar-refractivity contribution in [3.8, 4) is 0 Å². The standard InChI is InChI=1S/C16H22N4O/c17-19-16-13(10-12-4-1-2-7-15(12)18-16)11-20(8-9-21)14-5-3-6-14/h1-2,4,7,10,14,21H,3,5-6,8-9,11,17H2,(H,18,19). The molecule has 21 heavy (non-hydrogen) atoms. The molecule has 1 aliphatic rings. The number of hydrazine groups is 1. The smallest absolute Gasteiger partial charge is 0.145 e. The molecule has 1 aromatic carbocycles. The van der Waals surface area contributed by atoms with E-state index in [1.165, 1.54) is 19.3 Å². The van der Waals surface area contributed by atoms with Crippen LogP contribution in [0.3, 0.4) is 0 Å². The number of nitrogens with two attached hydrogens (primary N) is 1. The predicted molar refractivity (Wildman–Crippen MR) is 84.7 cm³/mol. The fourth-order valence-electron chi connectivity index (χ4n) is 2.90. The topological polar surface area (TPSA) is 74.4 Å². The lowest BCUT2D eigenvalue weighted by Gasteiger charge is -2.37. The average molecular weight is 286 g/mol. The van der Waals surface area contributed by atoms with Crippen molar-refractivity contribution in [1.82, 2.24) is 9.88 Å². The average Bonchev–Trinajstić information content (AvgIpc) is 2.45. The number of pyridine rings is 1. The molecule has 1 fully saturated rings. The van der Waals surface area contributed by atoms with E-state index in [0.717, 1.165) is 28.8 Å². The first-order chi connectivity index (χ1) is 10.3. The summed E-state index contributed by atoms with van der Waals surface area (Å²) in [5, 5.41) is 10.4. The van der Waals surface area contributed by atoms with Crippen molar-refractivity contribution in [1.29, 1.82) is 0 Å². The minimum atomic E-state index is 0.183. The third kappa shape index (κ3) is 3.00. The highest BCUT2D eigenvalue weighted by Gasteiger charge is 2.25. The molecule has 3 rings (SSSR count). The van der Waals surface area contributed by atoms with E-state index in [4.69, 9.17) is 5.84 Å². The number of hydrogen-bond acceptors (Lipinski definition) is 5. The molecular formula is C16H22N4O. The van der Waals surface area contributed by atoms with Crippen LogP contribution in [0.1, 0.15) is 24.8 Å². The van der Waals surface area contributed by atoms with E-state index in [-0.39, 0.29) is 6.61 Å². The number of nitrogen functional groups attached to an aromatic ring is 1. The van der Waals surface area contributed by atoms with Crippen LogP contribution in [0.2, 0.25) is 0 Å². The number of hydrogen-bond donors (Lipinski definition) is 3. The number of rotatable bonds is 6. The molecule has 0 bridgehead atoms. The zero-order chi connectivity index (χ0) is 14.7. The summed E-state index contributed by atoms with van der Waals surface area (Å²) < 4.78 is 0. The molecule has 1 saturated carbocycles. The summed E-state index contributed by atoms with van der Waals surface area (Å²) >= 11 is 0. The van der Waals surface area contributed by atoms with Gasteiger partial charge in [0.05, 0.1) is 12.1 Å². The summed E-state index contributed by atoms with van der Waals surface area (Å²) in [6.07, 6.45) is 3.71. The lowest BCUT2D eigenvalue weighted by atomic mass is 9.91. The van der Waals surface area contributed by atoms with Gasteiger partial charge in [0, 0.05) is 30.1 Å². The van der Waals surface area contributed by atoms with Gasteiger partial charge in [-0.1, -0.05) is 24.6 Å². The second-order valence-electron chi connectivity index (χ2n) is 5.61. The van der Waals surface area contributed by atoms with Gasteiger partial charge in [0.2, 0.25) is 0 Å². The Kier molecular flexibility index (Phi) is 4.34. The summed E-state index contributed by atoms with van der Waals surface area (Å²) in [6.45, 7) is 1.65. The molecule has 0 unspecified atom stereocenters. The van der Waals surface area contributed by atoms with Crippen LogP contribution in [-0.4, -0.2) is 34.2 Å². The molecule has 1 aliphatic carbocycles. The zero-order valence-corrected chi connectivity index (χ0v) is 12.1. The van der Waals surface area contributed by atoms with Gasteiger partial charge in [0.25, 0.3) is 0 Å². The van der Waals surface area contributed by atoms with Gasteiger partial charge in [-0.05, 0) is 25.0 Å². The first-order valence-corrected chi connectivity index (χ1v) is 7.52. The molecular weight excluding hydrogens is 264 g/mol. The number of aliphatic hydroxyl groups is 1. The van der Waals surface area contributed by atoms with Crippen LogP contribution in [0.5, 0.6) is 0 Å². The monoisotopic (exact) mass is 286 g/mol. The Bertz CT molecular complexity index is 612. The van der Waals surface area contributed by atoms with Gasteiger partial charge in [-0.25, -0.2) is 10.8 Å². The van der Waals surface area contributed by atoms with Gasteiger partial charge in [0.15, 0.2) is 0 Å². The highest BCUT2D eigenvalue weighted by Crippen LogP contribution is 2.28. The number of fused-ring (bicyclic) bond motifs is 1. The van der Waals surface area contributed by atoms with Crippen LogP contribution in [0.15, 0.2) is 30.3 Å². The molecule has 4 N–H and O–H groups in total. The van der Waals surface area contributed by atoms with E-state index in [1.807, 2.05) is 18.2 Å². The van der Waals surface area contributed by atoms with Gasteiger partial charge >= 0.3 is 0 Å². The molecule has 1 aromatic heterocycles. The maximum Gasteiger partial charge on any atom is 0.145 e. The highest BCUT2D eigenvalue weighted by molar-refractivity contribution is 5.81. The lowest BCUT2D eigenvalue weighted by Crippen LogP contribution is -2.41. The van der Waals surface area contributed by atoms with E-state index >= 15 is 0 Å². The summed E-state index contributed by atoms with van der Waals surface area (Å²) in [5.41, 5.74) is 4.73. The molecule has 0 aliphatic heterocycles. The largest absolute Gasteiger partial charge is 0.395 e. The highest BCUT2D eigenvalue weighted by atomic mass is 16.3. The fraction of sp³-hybridized carbons (Fsp3) is 0.438. The maximum atomic E-state index is 9.28. The Hall–Kier alpha value is -1.69. The van der Waals surface area contributed by atoms with Crippen LogP contribution < -0.4 is 11.3 Å². The lowest BCUT2D eigenvalue weighted by molar-refractivity contribution is 0.0947. The molecule has 0 radical (unpaired) electrons. The molecule has 2 aromatic rings. The minimum absolute atomic E-state index is 0.183. The Labute approximate surface area is 124 Å². The maximum absolute atomic E-state index is 9.28. The van der Waals surface area contributed by atoms with Gasteiger partial charge in [-0.3, -0.25) is 4.90 Å². The molecule has 5 nitrogen and oxygen atoms in total. The van der Waals surface area contributed by atoms with Crippen molar-refractivity contribution in [2.24, 2.45) is 5.84 Å². The van der Waals surface area contributed by atoms with E-state index in [9.17, 15) is 5.11 Å². The summed E-state index contributed by atoms with van der Waals surface area (Å²) in [4.78, 5) is 6.91. The molecule has 0 amide bonds. The van der Waals surface area contributed by atoms with E-state index in [1.54, 1.807) is 0 Å². The van der Waals surface area contributed by atoms with Gasteiger partial charge in [-0.15, -0.1) is 0 Å². The Morgan fingerprint density at radius 2 is 2.14 bits per heavy atom. The van der Waals surface area contributed by atoms with Crippen molar-refractivity contribution < 1.29 is 5.11 Å². The third-order valence-corrected chi connectivity index (χ3v) is 4.29. The summed E-state index contributed by atoms with van der Waals surface area (Å²) in [7, 11) is 0. The van der Waals surface area contributed by atoms with Crippen molar-refractivity contribution in [2.45, 2.75) is 31.8 Å². The fourth-order valence-corrected chi connectivity index (χ4v) is 2.90. The number of benzene rings is 1. The van der Waals surface area contributed by atoms with Gasteiger partial charge in [0.1, 0.15) is 5.82 Å². The first-order valence-electron chi connectivity index (χ1n) is 7.52. The summed E-state index contributed by atoms with van der Waals surface area (Å²) in [6, 6.07) is 10.8. The molecule has 5 heteroatoms. The number of nitrogens with one attached hydrogen (secondary N) is 1. The van der Waals surface area contributed by atoms with Crippen molar-refractivity contribution in [3.63, 3.8) is 0 Å². The van der Waals surface area contributed by atoms with Crippen LogP contribution in [-0.2, 0) is 6.54 Å². The predicted octanol–water partition coefficient (Wildman–Crippen LogP) is 1.87. The van der Waals surface area contributed by atoms with Crippen LogP contribution in [0.25, 0.3) is 10.9 Å². The number of nitrogens with zero attached hydrogens (tertiary/aromatic N) is 2. The number of para-hydroxylation sites is 1. The first kappa shape index (κ1) is 14.3. The van der Waals surface area contributed by atoms with Crippen LogP contribution >= 0.6 is 0 Å². The Morgan fingerprint density at radius 1 is 1.33 bits per heavy atom. The Balaban J connectivity index is 1.90. The second-order valence-corrected chi connectivity index (χ2v) is 5.61. The van der Waals surface area contributed by atoms with Crippen molar-refractivity contribution >= 4 is 16.7 Å². The second kappa shape index (κ2) is 6.39. The molecule has 0 spiro atoms. The number of aromatic nitrogens is 1. The van der Waals surface area contributed by atoms with Crippen LogP contribution in [0.4, 0.5) is 5.82 Å². The Morgan fingerprint density at radius 3 is 2.81 bits per heavy atom. The van der Waals surface area contributed by atoms with Crippen molar-refractivity contribution in [3.05, 3.63) is 35.9 Å². The zero-order valence-electron chi connectivity index (χ0n) is 12.1. The quantitative estimate of drug-likeness (QED) is 0.558. The van der Waals surface area contributed by atoms with E-state index in [0.29, 0.717) is 12.6 Å². The van der Waals surface area contributed by atoms with Crippen LogP contribution in [0, 0.1) is 0 Å². The summed E-state index contributed by atoms with van der Waals surface area (Å²) in [5.74, 6) is 6.35. The number of anilines is 1. The third-order valence-electron chi connectivity index (χ3n) is 4.29. The van der Waals surface area contributed by atoms with Crippen molar-refractivity contribution in [2.75, 3.05) is 18.6 Å². The minimum Gasteiger partial charge on any atom is -0.395 e. The molecule has 1 heterocycles. The molecule has 112 valence electrons. The SMILES string of the molecule is NNc1nc2ccccc2cc1CN(CCO)C1CCC1. The number of aliphatic hydroxyl groups excluding tert-OH is 1. The van der Waals surface area contributed by atoms with Gasteiger partial charge < -0.3 is 10.5 Å². The van der Waals surface area contributed by atoms with E-state index in [2.05, 4.69) is 27.4 Å². The molecule has 0 saturated heterocycles. The molecule has 0 atom stereocenters. The van der Waals surface area contributed by atoms with E-state index < -0.39 is 0 Å². The van der Waals surface area contributed by atoms with Gasteiger partial charge in [-0.2, -0.15) is 0 Å².